The Bertz CT molecular complexity index is 396. The van der Waals surface area contributed by atoms with E-state index in [2.05, 4.69) is 45.1 Å². The maximum Gasteiger partial charge on any atom is 0.122 e. The van der Waals surface area contributed by atoms with E-state index in [1.165, 1.54) is 11.1 Å². The predicted molar refractivity (Wildman–Crippen MR) is 80.0 cm³/mol. The summed E-state index contributed by atoms with van der Waals surface area (Å²) in [6.45, 7) is 9.02. The molecule has 0 fully saturated rings. The highest BCUT2D eigenvalue weighted by Crippen LogP contribution is 2.21. The molecule has 0 aliphatic rings. The average Bonchev–Trinajstić information content (AvgIpc) is 2.33. The first kappa shape index (κ1) is 16.0. The second-order valence-electron chi connectivity index (χ2n) is 5.93. The zero-order valence-electron chi connectivity index (χ0n) is 13.0. The molecule has 0 bridgehead atoms. The van der Waals surface area contributed by atoms with Crippen LogP contribution in [0.25, 0.3) is 0 Å². The minimum absolute atomic E-state index is 0.105. The minimum Gasteiger partial charge on any atom is -0.496 e. The molecule has 1 atom stereocenters. The van der Waals surface area contributed by atoms with Gasteiger partial charge in [-0.25, -0.2) is 0 Å². The van der Waals surface area contributed by atoms with Gasteiger partial charge in [-0.15, -0.1) is 0 Å². The van der Waals surface area contributed by atoms with Crippen LogP contribution in [0.3, 0.4) is 0 Å². The quantitative estimate of drug-likeness (QED) is 0.858. The molecule has 0 spiro atoms. The number of likely N-dealkylation sites (N-methyl/N-ethyl adjacent to an activating group) is 1. The molecule has 0 saturated heterocycles. The van der Waals surface area contributed by atoms with Gasteiger partial charge < -0.3 is 14.8 Å². The van der Waals surface area contributed by atoms with Crippen LogP contribution in [0.1, 0.15) is 31.9 Å². The molecule has 0 aliphatic heterocycles. The van der Waals surface area contributed by atoms with E-state index < -0.39 is 0 Å². The molecule has 0 aromatic heterocycles. The summed E-state index contributed by atoms with van der Waals surface area (Å²) in [5.41, 5.74) is 2.37. The SMILES string of the molecule is CNC(COC(C)(C)C)Cc1cc(C)ccc1OC. The smallest absolute Gasteiger partial charge is 0.122 e. The molecule has 3 heteroatoms. The zero-order chi connectivity index (χ0) is 14.5. The molecule has 1 aromatic carbocycles. The molecule has 0 radical (unpaired) electrons. The molecule has 3 nitrogen and oxygen atoms in total. The molecule has 0 aliphatic carbocycles. The van der Waals surface area contributed by atoms with Crippen molar-refractivity contribution in [2.45, 2.75) is 45.8 Å². The highest BCUT2D eigenvalue weighted by Gasteiger charge is 2.16. The van der Waals surface area contributed by atoms with Crippen molar-refractivity contribution >= 4 is 0 Å². The van der Waals surface area contributed by atoms with Crippen LogP contribution in [0.4, 0.5) is 0 Å². The number of benzene rings is 1. The van der Waals surface area contributed by atoms with Crippen LogP contribution in [0.5, 0.6) is 5.75 Å². The number of ether oxygens (including phenoxy) is 2. The van der Waals surface area contributed by atoms with E-state index in [0.29, 0.717) is 6.61 Å². The fourth-order valence-electron chi connectivity index (χ4n) is 1.93. The van der Waals surface area contributed by atoms with Gasteiger partial charge >= 0.3 is 0 Å². The maximum atomic E-state index is 5.86. The number of hydrogen-bond acceptors (Lipinski definition) is 3. The topological polar surface area (TPSA) is 30.5 Å². The lowest BCUT2D eigenvalue weighted by atomic mass is 10.0. The van der Waals surface area contributed by atoms with E-state index in [4.69, 9.17) is 9.47 Å². The van der Waals surface area contributed by atoms with E-state index in [1.54, 1.807) is 7.11 Å². The van der Waals surface area contributed by atoms with Crippen LogP contribution in [-0.2, 0) is 11.2 Å². The summed E-state index contributed by atoms with van der Waals surface area (Å²) in [6.07, 6.45) is 0.900. The predicted octanol–water partition coefficient (Wildman–Crippen LogP) is 2.95. The van der Waals surface area contributed by atoms with Crippen LogP contribution in [0.2, 0.25) is 0 Å². The van der Waals surface area contributed by atoms with Crippen LogP contribution < -0.4 is 10.1 Å². The summed E-state index contributed by atoms with van der Waals surface area (Å²) in [7, 11) is 3.69. The Morgan fingerprint density at radius 3 is 2.47 bits per heavy atom. The lowest BCUT2D eigenvalue weighted by Gasteiger charge is -2.25. The molecule has 0 saturated carbocycles. The molecule has 1 rings (SSSR count). The Labute approximate surface area is 117 Å². The fourth-order valence-corrected chi connectivity index (χ4v) is 1.93. The maximum absolute atomic E-state index is 5.86. The van der Waals surface area contributed by atoms with Gasteiger partial charge in [-0.3, -0.25) is 0 Å². The number of hydrogen-bond donors (Lipinski definition) is 1. The first-order chi connectivity index (χ1) is 8.85. The Morgan fingerprint density at radius 1 is 1.26 bits per heavy atom. The third-order valence-corrected chi connectivity index (χ3v) is 3.03. The zero-order valence-corrected chi connectivity index (χ0v) is 13.0. The second-order valence-corrected chi connectivity index (χ2v) is 5.93. The van der Waals surface area contributed by atoms with Gasteiger partial charge in [0.1, 0.15) is 5.75 Å². The van der Waals surface area contributed by atoms with Crippen molar-refractivity contribution in [2.75, 3.05) is 20.8 Å². The monoisotopic (exact) mass is 265 g/mol. The molecule has 108 valence electrons. The van der Waals surface area contributed by atoms with E-state index in [1.807, 2.05) is 13.1 Å². The fraction of sp³-hybridized carbons (Fsp3) is 0.625. The first-order valence-corrected chi connectivity index (χ1v) is 6.80. The molecule has 0 heterocycles. The van der Waals surface area contributed by atoms with Gasteiger partial charge in [-0.05, 0) is 52.8 Å². The van der Waals surface area contributed by atoms with Gasteiger partial charge in [0.05, 0.1) is 19.3 Å². The summed E-state index contributed by atoms with van der Waals surface area (Å²) >= 11 is 0. The normalized spacial score (nSPS) is 13.4. The van der Waals surface area contributed by atoms with Crippen molar-refractivity contribution in [1.29, 1.82) is 0 Å². The van der Waals surface area contributed by atoms with Crippen molar-refractivity contribution in [3.63, 3.8) is 0 Å². The van der Waals surface area contributed by atoms with E-state index in [-0.39, 0.29) is 11.6 Å². The number of methoxy groups -OCH3 is 1. The highest BCUT2D eigenvalue weighted by atomic mass is 16.5. The van der Waals surface area contributed by atoms with Crippen molar-refractivity contribution in [3.8, 4) is 5.75 Å². The third kappa shape index (κ3) is 5.62. The Kier molecular flexibility index (Phi) is 5.83. The number of aryl methyl sites for hydroxylation is 1. The lowest BCUT2D eigenvalue weighted by molar-refractivity contribution is -0.0135. The Morgan fingerprint density at radius 2 is 1.95 bits per heavy atom. The summed E-state index contributed by atoms with van der Waals surface area (Å²) in [5, 5.41) is 3.31. The molecule has 0 amide bonds. The number of nitrogens with one attached hydrogen (secondary N) is 1. The Hall–Kier alpha value is -1.06. The van der Waals surface area contributed by atoms with E-state index in [9.17, 15) is 0 Å². The molecule has 1 N–H and O–H groups in total. The summed E-state index contributed by atoms with van der Waals surface area (Å²) < 4.78 is 11.3. The van der Waals surface area contributed by atoms with E-state index in [0.717, 1.165) is 12.2 Å². The Balaban J connectivity index is 2.72. The van der Waals surface area contributed by atoms with Gasteiger partial charge in [-0.1, -0.05) is 17.7 Å². The minimum atomic E-state index is -0.105. The first-order valence-electron chi connectivity index (χ1n) is 6.80. The largest absolute Gasteiger partial charge is 0.496 e. The second kappa shape index (κ2) is 6.92. The van der Waals surface area contributed by atoms with Crippen LogP contribution in [0.15, 0.2) is 18.2 Å². The summed E-state index contributed by atoms with van der Waals surface area (Å²) in [4.78, 5) is 0. The van der Waals surface area contributed by atoms with Crippen LogP contribution >= 0.6 is 0 Å². The average molecular weight is 265 g/mol. The van der Waals surface area contributed by atoms with Crippen LogP contribution in [-0.4, -0.2) is 32.4 Å². The molecule has 1 aromatic rings. The van der Waals surface area contributed by atoms with Crippen molar-refractivity contribution in [1.82, 2.24) is 5.32 Å². The van der Waals surface area contributed by atoms with Gasteiger partial charge in [0, 0.05) is 6.04 Å². The molecule has 19 heavy (non-hydrogen) atoms. The van der Waals surface area contributed by atoms with Gasteiger partial charge in [0.25, 0.3) is 0 Å². The standard InChI is InChI=1S/C16H27NO2/c1-12-7-8-15(18-6)13(9-12)10-14(17-5)11-19-16(2,3)4/h7-9,14,17H,10-11H2,1-6H3. The number of rotatable bonds is 6. The van der Waals surface area contributed by atoms with Gasteiger partial charge in [0.15, 0.2) is 0 Å². The van der Waals surface area contributed by atoms with Crippen LogP contribution in [0, 0.1) is 6.92 Å². The van der Waals surface area contributed by atoms with Crippen molar-refractivity contribution in [2.24, 2.45) is 0 Å². The van der Waals surface area contributed by atoms with Crippen molar-refractivity contribution < 1.29 is 9.47 Å². The highest BCUT2D eigenvalue weighted by molar-refractivity contribution is 5.37. The lowest BCUT2D eigenvalue weighted by Crippen LogP contribution is -2.36. The molecule has 1 unspecified atom stereocenters. The van der Waals surface area contributed by atoms with Gasteiger partial charge in [-0.2, -0.15) is 0 Å². The third-order valence-electron chi connectivity index (χ3n) is 3.03. The van der Waals surface area contributed by atoms with Gasteiger partial charge in [0.2, 0.25) is 0 Å². The molecular weight excluding hydrogens is 238 g/mol. The summed E-state index contributed by atoms with van der Waals surface area (Å²) in [5.74, 6) is 0.946. The van der Waals surface area contributed by atoms with E-state index >= 15 is 0 Å². The van der Waals surface area contributed by atoms with Crippen molar-refractivity contribution in [3.05, 3.63) is 29.3 Å². The molecular formula is C16H27NO2. The summed E-state index contributed by atoms with van der Waals surface area (Å²) in [6, 6.07) is 6.57.